The summed E-state index contributed by atoms with van der Waals surface area (Å²) in [4.78, 5) is 46.6. The molecule has 0 saturated heterocycles. The molecule has 0 saturated carbocycles. The third kappa shape index (κ3) is 4.64. The second kappa shape index (κ2) is 8.43. The van der Waals surface area contributed by atoms with Crippen LogP contribution in [-0.2, 0) is 24.3 Å². The molecule has 11 heteroatoms. The number of hydrogen-bond acceptors (Lipinski definition) is 6. The van der Waals surface area contributed by atoms with Crippen LogP contribution >= 0.6 is 23.4 Å². The first-order chi connectivity index (χ1) is 14.4. The summed E-state index contributed by atoms with van der Waals surface area (Å²) >= 11 is 7.00. The molecule has 1 N–H and O–H groups in total. The van der Waals surface area contributed by atoms with Crippen LogP contribution in [0.15, 0.2) is 32.8 Å². The van der Waals surface area contributed by atoms with E-state index in [9.17, 15) is 18.8 Å². The summed E-state index contributed by atoms with van der Waals surface area (Å²) in [7, 11) is 2.90. The number of fused-ring (bicyclic) bond motifs is 1. The largest absolute Gasteiger partial charge is 0.332 e. The van der Waals surface area contributed by atoms with Crippen molar-refractivity contribution in [3.05, 3.63) is 55.7 Å². The number of nitrogens with zero attached hydrogens (tertiary/aromatic N) is 4. The summed E-state index contributed by atoms with van der Waals surface area (Å²) in [5.41, 5.74) is -1.02. The highest BCUT2D eigenvalue weighted by atomic mass is 35.5. The predicted octanol–water partition coefficient (Wildman–Crippen LogP) is 2.85. The topological polar surface area (TPSA) is 98.9 Å². The highest BCUT2D eigenvalue weighted by Crippen LogP contribution is 2.28. The number of amides is 1. The van der Waals surface area contributed by atoms with E-state index in [1.807, 2.05) is 20.8 Å². The van der Waals surface area contributed by atoms with Gasteiger partial charge in [-0.1, -0.05) is 44.1 Å². The van der Waals surface area contributed by atoms with Crippen LogP contribution in [-0.4, -0.2) is 30.8 Å². The van der Waals surface area contributed by atoms with E-state index in [0.29, 0.717) is 10.9 Å². The van der Waals surface area contributed by atoms with Gasteiger partial charge in [0.15, 0.2) is 5.65 Å². The van der Waals surface area contributed by atoms with Gasteiger partial charge in [-0.25, -0.2) is 19.2 Å². The molecule has 31 heavy (non-hydrogen) atoms. The molecule has 3 rings (SSSR count). The zero-order valence-electron chi connectivity index (χ0n) is 17.6. The number of benzene rings is 1. The molecule has 0 bridgehead atoms. The zero-order valence-corrected chi connectivity index (χ0v) is 19.2. The number of hydrogen-bond donors (Lipinski definition) is 1. The average molecular weight is 466 g/mol. The van der Waals surface area contributed by atoms with Crippen molar-refractivity contribution in [3.8, 4) is 0 Å². The molecule has 1 aromatic carbocycles. The smallest absolute Gasteiger partial charge is 0.324 e. The van der Waals surface area contributed by atoms with Crippen molar-refractivity contribution in [2.45, 2.75) is 31.2 Å². The van der Waals surface area contributed by atoms with Crippen molar-refractivity contribution < 1.29 is 9.18 Å². The lowest BCUT2D eigenvalue weighted by atomic mass is 9.96. The predicted molar refractivity (Wildman–Crippen MR) is 119 cm³/mol. The third-order valence-corrected chi connectivity index (χ3v) is 5.77. The number of aryl methyl sites for hydroxylation is 1. The maximum Gasteiger partial charge on any atom is 0.332 e. The number of rotatable bonds is 4. The maximum absolute atomic E-state index is 13.2. The summed E-state index contributed by atoms with van der Waals surface area (Å²) < 4.78 is 15.5. The molecule has 2 aromatic heterocycles. The second-order valence-electron chi connectivity index (χ2n) is 7.97. The minimum atomic E-state index is -0.539. The second-order valence-corrected chi connectivity index (χ2v) is 9.34. The molecule has 0 radical (unpaired) electrons. The minimum absolute atomic E-state index is 0.0738. The van der Waals surface area contributed by atoms with Crippen LogP contribution in [0.5, 0.6) is 0 Å². The van der Waals surface area contributed by atoms with Crippen molar-refractivity contribution in [3.63, 3.8) is 0 Å². The lowest BCUT2D eigenvalue weighted by molar-refractivity contribution is -0.113. The standard InChI is InChI=1S/C20H21ClFN5O3S/c1-20(2,3)18-24-15-14(17(29)27(5)19(30)26(15)4)16(25-18)31-9-13(28)23-12-7-6-10(22)8-11(12)21/h6-8H,9H2,1-5H3,(H,23,28). The fourth-order valence-corrected chi connectivity index (χ4v) is 3.81. The molecule has 0 aliphatic rings. The summed E-state index contributed by atoms with van der Waals surface area (Å²) in [6.07, 6.45) is 0. The van der Waals surface area contributed by atoms with Crippen LogP contribution in [0.1, 0.15) is 26.6 Å². The number of carbonyl (C=O) groups is 1. The van der Waals surface area contributed by atoms with Gasteiger partial charge in [0, 0.05) is 19.5 Å². The van der Waals surface area contributed by atoms with E-state index >= 15 is 0 Å². The van der Waals surface area contributed by atoms with E-state index in [2.05, 4.69) is 15.3 Å². The third-order valence-electron chi connectivity index (χ3n) is 4.48. The van der Waals surface area contributed by atoms with Gasteiger partial charge >= 0.3 is 5.69 Å². The fraction of sp³-hybridized carbons (Fsp3) is 0.350. The molecule has 1 amide bonds. The highest BCUT2D eigenvalue weighted by molar-refractivity contribution is 8.00. The van der Waals surface area contributed by atoms with Gasteiger partial charge in [-0.15, -0.1) is 0 Å². The summed E-state index contributed by atoms with van der Waals surface area (Å²) in [5, 5.41) is 3.14. The quantitative estimate of drug-likeness (QED) is 0.470. The summed E-state index contributed by atoms with van der Waals surface area (Å²) in [5.74, 6) is -0.576. The molecule has 2 heterocycles. The molecular formula is C20H21ClFN5O3S. The highest BCUT2D eigenvalue weighted by Gasteiger charge is 2.24. The number of thioether (sulfide) groups is 1. The molecule has 0 spiro atoms. The summed E-state index contributed by atoms with van der Waals surface area (Å²) in [6, 6.07) is 3.65. The van der Waals surface area contributed by atoms with Crippen LogP contribution in [0.4, 0.5) is 10.1 Å². The van der Waals surface area contributed by atoms with Crippen LogP contribution in [0, 0.1) is 5.82 Å². The Bertz CT molecular complexity index is 1310. The van der Waals surface area contributed by atoms with E-state index in [-0.39, 0.29) is 27.5 Å². The van der Waals surface area contributed by atoms with Crippen molar-refractivity contribution in [2.75, 3.05) is 11.1 Å². The number of anilines is 1. The number of carbonyl (C=O) groups excluding carboxylic acids is 1. The Balaban J connectivity index is 2.01. The van der Waals surface area contributed by atoms with Crippen molar-refractivity contribution in [1.29, 1.82) is 0 Å². The Hall–Kier alpha value is -2.72. The normalized spacial score (nSPS) is 11.7. The molecule has 164 valence electrons. The van der Waals surface area contributed by atoms with Gasteiger partial charge in [0.2, 0.25) is 5.91 Å². The Morgan fingerprint density at radius 3 is 2.48 bits per heavy atom. The molecule has 3 aromatic rings. The van der Waals surface area contributed by atoms with Crippen molar-refractivity contribution in [2.24, 2.45) is 14.1 Å². The number of aromatic nitrogens is 4. The monoisotopic (exact) mass is 465 g/mol. The van der Waals surface area contributed by atoms with Gasteiger partial charge in [0.05, 0.1) is 16.5 Å². The Morgan fingerprint density at radius 1 is 1.19 bits per heavy atom. The molecule has 0 aliphatic heterocycles. The molecular weight excluding hydrogens is 445 g/mol. The van der Waals surface area contributed by atoms with Gasteiger partial charge in [-0.05, 0) is 18.2 Å². The Morgan fingerprint density at radius 2 is 1.87 bits per heavy atom. The fourth-order valence-electron chi connectivity index (χ4n) is 2.78. The van der Waals surface area contributed by atoms with Crippen LogP contribution in [0.2, 0.25) is 5.02 Å². The first-order valence-electron chi connectivity index (χ1n) is 9.26. The van der Waals surface area contributed by atoms with Crippen LogP contribution in [0.3, 0.4) is 0 Å². The molecule has 8 nitrogen and oxygen atoms in total. The maximum atomic E-state index is 13.2. The SMILES string of the molecule is Cn1c(=O)c2c(SCC(=O)Nc3ccc(F)cc3Cl)nc(C(C)(C)C)nc2n(C)c1=O. The lowest BCUT2D eigenvalue weighted by Gasteiger charge is -2.19. The van der Waals surface area contributed by atoms with Crippen LogP contribution < -0.4 is 16.6 Å². The van der Waals surface area contributed by atoms with Crippen molar-refractivity contribution in [1.82, 2.24) is 19.1 Å². The van der Waals surface area contributed by atoms with Crippen LogP contribution in [0.25, 0.3) is 11.0 Å². The van der Waals surface area contributed by atoms with Gasteiger partial charge < -0.3 is 5.32 Å². The Kier molecular flexibility index (Phi) is 6.24. The zero-order chi connectivity index (χ0) is 23.1. The van der Waals surface area contributed by atoms with Gasteiger partial charge in [-0.2, -0.15) is 0 Å². The van der Waals surface area contributed by atoms with Gasteiger partial charge in [-0.3, -0.25) is 18.7 Å². The minimum Gasteiger partial charge on any atom is -0.324 e. The van der Waals surface area contributed by atoms with Gasteiger partial charge in [0.1, 0.15) is 22.1 Å². The van der Waals surface area contributed by atoms with E-state index < -0.39 is 28.4 Å². The molecule has 0 fully saturated rings. The molecule has 0 atom stereocenters. The first kappa shape index (κ1) is 23.0. The average Bonchev–Trinajstić information content (AvgIpc) is 2.69. The van der Waals surface area contributed by atoms with Gasteiger partial charge in [0.25, 0.3) is 5.56 Å². The molecule has 0 aliphatic carbocycles. The van der Waals surface area contributed by atoms with E-state index in [1.165, 1.54) is 30.8 Å². The van der Waals surface area contributed by atoms with E-state index in [1.54, 1.807) is 0 Å². The number of halogens is 2. The lowest BCUT2D eigenvalue weighted by Crippen LogP contribution is -2.38. The first-order valence-corrected chi connectivity index (χ1v) is 10.6. The summed E-state index contributed by atoms with van der Waals surface area (Å²) in [6.45, 7) is 5.72. The number of nitrogens with one attached hydrogen (secondary N) is 1. The Labute approximate surface area is 186 Å². The van der Waals surface area contributed by atoms with E-state index in [4.69, 9.17) is 11.6 Å². The molecule has 0 unspecified atom stereocenters. The van der Waals surface area contributed by atoms with E-state index in [0.717, 1.165) is 22.4 Å². The van der Waals surface area contributed by atoms with Crippen molar-refractivity contribution >= 4 is 46.0 Å².